The Kier molecular flexibility index (Phi) is 7.80. The van der Waals surface area contributed by atoms with Crippen molar-refractivity contribution in [2.45, 2.75) is 38.6 Å². The van der Waals surface area contributed by atoms with Crippen LogP contribution in [-0.4, -0.2) is 68.3 Å². The van der Waals surface area contributed by atoms with Crippen molar-refractivity contribution < 1.29 is 13.9 Å². The molecule has 0 bridgehead atoms. The third kappa shape index (κ3) is 6.04. The second-order valence-electron chi connectivity index (χ2n) is 10.4. The normalized spacial score (nSPS) is 16.3. The highest BCUT2D eigenvalue weighted by atomic mass is 19.1. The number of aromatic nitrogens is 5. The van der Waals surface area contributed by atoms with Crippen LogP contribution in [0.5, 0.6) is 5.75 Å². The summed E-state index contributed by atoms with van der Waals surface area (Å²) >= 11 is 0. The number of piperazine rings is 1. The number of halogens is 1. The first-order valence-electron chi connectivity index (χ1n) is 13.9. The Labute approximate surface area is 232 Å². The van der Waals surface area contributed by atoms with E-state index in [0.29, 0.717) is 59.6 Å². The summed E-state index contributed by atoms with van der Waals surface area (Å²) in [5.74, 6) is 1.11. The largest absolute Gasteiger partial charge is 0.491 e. The summed E-state index contributed by atoms with van der Waals surface area (Å²) in [4.78, 5) is 28.1. The number of hydrogen-bond acceptors (Lipinski definition) is 8. The van der Waals surface area contributed by atoms with Crippen LogP contribution in [0.25, 0.3) is 22.3 Å². The summed E-state index contributed by atoms with van der Waals surface area (Å²) in [6.07, 6.45) is 11.0. The Hall–Kier alpha value is -4.12. The molecule has 40 heavy (non-hydrogen) atoms. The molecule has 4 aromatic rings. The fourth-order valence-electron chi connectivity index (χ4n) is 5.34. The molecule has 1 saturated heterocycles. The van der Waals surface area contributed by atoms with Gasteiger partial charge in [-0.15, -0.1) is 0 Å². The predicted octanol–water partition coefficient (Wildman–Crippen LogP) is 4.16. The predicted molar refractivity (Wildman–Crippen MR) is 150 cm³/mol. The van der Waals surface area contributed by atoms with Gasteiger partial charge in [0.15, 0.2) is 5.82 Å². The molecule has 1 aliphatic heterocycles. The molecule has 0 atom stereocenters. The van der Waals surface area contributed by atoms with E-state index in [4.69, 9.17) is 9.72 Å². The summed E-state index contributed by atoms with van der Waals surface area (Å²) in [6.45, 7) is 3.76. The van der Waals surface area contributed by atoms with Crippen molar-refractivity contribution in [3.05, 3.63) is 54.9 Å². The van der Waals surface area contributed by atoms with Gasteiger partial charge in [0.2, 0.25) is 5.91 Å². The number of nitrogens with zero attached hydrogens (tertiary/aromatic N) is 6. The molecular formula is C29H33FN8O2. The number of rotatable bonds is 8. The van der Waals surface area contributed by atoms with Gasteiger partial charge < -0.3 is 20.3 Å². The molecule has 6 rings (SSSR count). The number of fused-ring (bicyclic) bond motifs is 1. The molecule has 0 radical (unpaired) electrons. The highest BCUT2D eigenvalue weighted by Crippen LogP contribution is 2.32. The monoisotopic (exact) mass is 544 g/mol. The zero-order valence-electron chi connectivity index (χ0n) is 22.4. The molecule has 0 spiro atoms. The van der Waals surface area contributed by atoms with Gasteiger partial charge in [-0.3, -0.25) is 9.48 Å². The molecule has 1 saturated carbocycles. The van der Waals surface area contributed by atoms with E-state index in [0.717, 1.165) is 31.5 Å². The summed E-state index contributed by atoms with van der Waals surface area (Å²) in [7, 11) is 0. The third-order valence-electron chi connectivity index (χ3n) is 7.57. The Bertz CT molecular complexity index is 1480. The molecule has 2 fully saturated rings. The average molecular weight is 545 g/mol. The molecule has 208 valence electrons. The van der Waals surface area contributed by atoms with Gasteiger partial charge in [0, 0.05) is 44.0 Å². The number of ether oxygens (including phenoxy) is 1. The average Bonchev–Trinajstić information content (AvgIpc) is 3.46. The summed E-state index contributed by atoms with van der Waals surface area (Å²) in [5.41, 5.74) is 3.30. The number of carbonyl (C=O) groups excluding carboxylic acids is 1. The Morgan fingerprint density at radius 3 is 2.80 bits per heavy atom. The molecule has 11 heteroatoms. The van der Waals surface area contributed by atoms with Crippen molar-refractivity contribution in [3.8, 4) is 17.0 Å². The standard InChI is InChI=1S/C29H33FN8O2/c30-22-6-7-24(26(14-22)40-18-20-4-2-1-3-5-20)36-29-28-25(32-19-33-29)9-8-23(35-28)21-15-34-38(16-21)17-27(39)37-12-10-31-11-13-37/h6-9,14-16,19-20,31H,1-5,10-13,17-18H2,(H,32,33,36). The van der Waals surface area contributed by atoms with Crippen LogP contribution in [0.1, 0.15) is 32.1 Å². The van der Waals surface area contributed by atoms with Crippen molar-refractivity contribution >= 4 is 28.4 Å². The lowest BCUT2D eigenvalue weighted by atomic mass is 9.90. The number of nitrogens with one attached hydrogen (secondary N) is 2. The van der Waals surface area contributed by atoms with Gasteiger partial charge in [0.1, 0.15) is 30.0 Å². The minimum atomic E-state index is -0.357. The quantitative estimate of drug-likeness (QED) is 0.340. The smallest absolute Gasteiger partial charge is 0.244 e. The zero-order chi connectivity index (χ0) is 27.3. The van der Waals surface area contributed by atoms with Gasteiger partial charge >= 0.3 is 0 Å². The van der Waals surface area contributed by atoms with Crippen LogP contribution in [0, 0.1) is 11.7 Å². The summed E-state index contributed by atoms with van der Waals surface area (Å²) in [6, 6.07) is 8.20. The lowest BCUT2D eigenvalue weighted by Gasteiger charge is -2.27. The minimum Gasteiger partial charge on any atom is -0.491 e. The van der Waals surface area contributed by atoms with E-state index in [1.165, 1.54) is 37.7 Å². The molecule has 1 aliphatic carbocycles. The van der Waals surface area contributed by atoms with Crippen molar-refractivity contribution in [3.63, 3.8) is 0 Å². The topological polar surface area (TPSA) is 110 Å². The SMILES string of the molecule is O=C(Cn1cc(-c2ccc3ncnc(Nc4ccc(F)cc4OCC4CCCCC4)c3n2)cn1)N1CCNCC1. The number of hydrogen-bond donors (Lipinski definition) is 2. The molecule has 2 N–H and O–H groups in total. The molecule has 4 heterocycles. The second-order valence-corrected chi connectivity index (χ2v) is 10.4. The molecular weight excluding hydrogens is 511 g/mol. The highest BCUT2D eigenvalue weighted by molar-refractivity contribution is 5.89. The lowest BCUT2D eigenvalue weighted by molar-refractivity contribution is -0.132. The van der Waals surface area contributed by atoms with Gasteiger partial charge in [-0.05, 0) is 43.0 Å². The maximum atomic E-state index is 14.2. The molecule has 10 nitrogen and oxygen atoms in total. The van der Waals surface area contributed by atoms with E-state index >= 15 is 0 Å². The minimum absolute atomic E-state index is 0.0447. The fraction of sp³-hybridized carbons (Fsp3) is 0.414. The first-order chi connectivity index (χ1) is 19.6. The molecule has 1 aromatic carbocycles. The third-order valence-corrected chi connectivity index (χ3v) is 7.57. The van der Waals surface area contributed by atoms with Crippen LogP contribution in [-0.2, 0) is 11.3 Å². The Morgan fingerprint density at radius 2 is 1.95 bits per heavy atom. The fourth-order valence-corrected chi connectivity index (χ4v) is 5.34. The molecule has 0 unspecified atom stereocenters. The highest BCUT2D eigenvalue weighted by Gasteiger charge is 2.19. The van der Waals surface area contributed by atoms with Crippen molar-refractivity contribution in [1.29, 1.82) is 0 Å². The number of benzene rings is 1. The number of pyridine rings is 1. The van der Waals surface area contributed by atoms with Crippen LogP contribution < -0.4 is 15.4 Å². The van der Waals surface area contributed by atoms with Gasteiger partial charge in [-0.2, -0.15) is 5.10 Å². The van der Waals surface area contributed by atoms with Gasteiger partial charge in [0.25, 0.3) is 0 Å². The summed E-state index contributed by atoms with van der Waals surface area (Å²) in [5, 5.41) is 10.9. The van der Waals surface area contributed by atoms with E-state index in [1.54, 1.807) is 16.9 Å². The van der Waals surface area contributed by atoms with Crippen molar-refractivity contribution in [2.24, 2.45) is 5.92 Å². The van der Waals surface area contributed by atoms with E-state index in [2.05, 4.69) is 25.7 Å². The first-order valence-corrected chi connectivity index (χ1v) is 13.9. The van der Waals surface area contributed by atoms with Crippen LogP contribution in [0.15, 0.2) is 49.1 Å². The first kappa shape index (κ1) is 26.1. The maximum absolute atomic E-state index is 14.2. The van der Waals surface area contributed by atoms with Crippen LogP contribution in [0.3, 0.4) is 0 Å². The number of anilines is 2. The Balaban J connectivity index is 1.21. The van der Waals surface area contributed by atoms with Crippen molar-refractivity contribution in [1.82, 2.24) is 34.9 Å². The van der Waals surface area contributed by atoms with Crippen LogP contribution in [0.4, 0.5) is 15.9 Å². The van der Waals surface area contributed by atoms with Gasteiger partial charge in [-0.1, -0.05) is 19.3 Å². The van der Waals surface area contributed by atoms with Crippen LogP contribution in [0.2, 0.25) is 0 Å². The molecule has 1 amide bonds. The lowest BCUT2D eigenvalue weighted by Crippen LogP contribution is -2.47. The van der Waals surface area contributed by atoms with E-state index < -0.39 is 0 Å². The van der Waals surface area contributed by atoms with Gasteiger partial charge in [-0.25, -0.2) is 19.3 Å². The number of carbonyl (C=O) groups is 1. The maximum Gasteiger partial charge on any atom is 0.244 e. The van der Waals surface area contributed by atoms with Crippen molar-refractivity contribution in [2.75, 3.05) is 38.1 Å². The second kappa shape index (κ2) is 12.0. The summed E-state index contributed by atoms with van der Waals surface area (Å²) < 4.78 is 21.9. The molecule has 3 aromatic heterocycles. The van der Waals surface area contributed by atoms with Gasteiger partial charge in [0.05, 0.1) is 29.7 Å². The van der Waals surface area contributed by atoms with E-state index in [9.17, 15) is 9.18 Å². The van der Waals surface area contributed by atoms with E-state index in [-0.39, 0.29) is 18.3 Å². The van der Waals surface area contributed by atoms with E-state index in [1.807, 2.05) is 23.2 Å². The zero-order valence-corrected chi connectivity index (χ0v) is 22.4. The number of amides is 1. The molecule has 2 aliphatic rings. The van der Waals surface area contributed by atoms with Crippen LogP contribution >= 0.6 is 0 Å². The Morgan fingerprint density at radius 1 is 1.10 bits per heavy atom.